The summed E-state index contributed by atoms with van der Waals surface area (Å²) >= 11 is 0. The lowest BCUT2D eigenvalue weighted by molar-refractivity contribution is 0.113. The van der Waals surface area contributed by atoms with Gasteiger partial charge in [0, 0.05) is 5.56 Å². The molecule has 2 N–H and O–H groups in total. The first-order valence-electron chi connectivity index (χ1n) is 7.44. The molecule has 1 aromatic heterocycles. The van der Waals surface area contributed by atoms with Crippen molar-refractivity contribution in [3.05, 3.63) is 59.4 Å². The molecule has 0 aliphatic rings. The minimum absolute atomic E-state index is 0.182. The molecule has 0 spiro atoms. The predicted molar refractivity (Wildman–Crippen MR) is 88.3 cm³/mol. The lowest BCUT2D eigenvalue weighted by atomic mass is 9.98. The number of halogens is 4. The molecule has 0 amide bonds. The maximum atomic E-state index is 14.2. The van der Waals surface area contributed by atoms with Crippen LogP contribution in [0.1, 0.15) is 17.7 Å². The van der Waals surface area contributed by atoms with Crippen molar-refractivity contribution in [1.82, 2.24) is 5.16 Å². The highest BCUT2D eigenvalue weighted by Gasteiger charge is 2.29. The molecule has 11 heteroatoms. The predicted octanol–water partition coefficient (Wildman–Crippen LogP) is 3.74. The standard InChI is InChI=1S/C17H9F4N3O3S/c18-11-5-10(6-12(19)16(11)28(23,25)26)13-14(24-27-15(13)17(20)21)9-3-1-2-8(4-9)7-22/h1-6,17H,(H2,23,25,26). The van der Waals surface area contributed by atoms with E-state index in [2.05, 4.69) is 9.68 Å². The van der Waals surface area contributed by atoms with Crippen molar-refractivity contribution in [3.63, 3.8) is 0 Å². The molecule has 6 nitrogen and oxygen atoms in total. The number of nitrogens with two attached hydrogens (primary N) is 1. The number of benzene rings is 2. The van der Waals surface area contributed by atoms with Gasteiger partial charge < -0.3 is 4.52 Å². The Kier molecular flexibility index (Phi) is 4.93. The van der Waals surface area contributed by atoms with Crippen molar-refractivity contribution in [2.24, 2.45) is 5.14 Å². The zero-order valence-electron chi connectivity index (χ0n) is 13.7. The monoisotopic (exact) mass is 411 g/mol. The SMILES string of the molecule is N#Cc1cccc(-c2noc(C(F)F)c2-c2cc(F)c(S(N)(=O)=O)c(F)c2)c1. The molecule has 0 radical (unpaired) electrons. The van der Waals surface area contributed by atoms with Gasteiger partial charge in [-0.1, -0.05) is 17.3 Å². The molecule has 0 atom stereocenters. The van der Waals surface area contributed by atoms with Gasteiger partial charge in [-0.3, -0.25) is 0 Å². The molecular weight excluding hydrogens is 402 g/mol. The van der Waals surface area contributed by atoms with Crippen molar-refractivity contribution < 1.29 is 30.5 Å². The molecule has 144 valence electrons. The Hall–Kier alpha value is -3.23. The molecule has 1 heterocycles. The van der Waals surface area contributed by atoms with Crippen LogP contribution in [0.25, 0.3) is 22.4 Å². The molecule has 3 aromatic rings. The summed E-state index contributed by atoms with van der Waals surface area (Å²) < 4.78 is 82.4. The number of alkyl halides is 2. The topological polar surface area (TPSA) is 110 Å². The molecule has 0 saturated carbocycles. The smallest absolute Gasteiger partial charge is 0.298 e. The molecular formula is C17H9F4N3O3S. The highest BCUT2D eigenvalue weighted by molar-refractivity contribution is 7.89. The number of sulfonamides is 1. The summed E-state index contributed by atoms with van der Waals surface area (Å²) in [6, 6.07) is 8.61. The highest BCUT2D eigenvalue weighted by atomic mass is 32.2. The van der Waals surface area contributed by atoms with Gasteiger partial charge in [0.25, 0.3) is 6.43 Å². The van der Waals surface area contributed by atoms with E-state index in [1.54, 1.807) is 0 Å². The van der Waals surface area contributed by atoms with E-state index in [0.717, 1.165) is 0 Å². The van der Waals surface area contributed by atoms with Crippen LogP contribution in [0.2, 0.25) is 0 Å². The summed E-state index contributed by atoms with van der Waals surface area (Å²) in [6.07, 6.45) is -3.18. The van der Waals surface area contributed by atoms with Crippen molar-refractivity contribution in [3.8, 4) is 28.5 Å². The van der Waals surface area contributed by atoms with E-state index in [1.165, 1.54) is 24.3 Å². The summed E-state index contributed by atoms with van der Waals surface area (Å²) in [5, 5.41) is 17.3. The molecule has 0 saturated heterocycles. The Bertz CT molecular complexity index is 1190. The van der Waals surface area contributed by atoms with E-state index < -0.39 is 49.9 Å². The fourth-order valence-electron chi connectivity index (χ4n) is 2.64. The Morgan fingerprint density at radius 2 is 1.75 bits per heavy atom. The Morgan fingerprint density at radius 3 is 2.29 bits per heavy atom. The van der Waals surface area contributed by atoms with Gasteiger partial charge in [0.1, 0.15) is 17.3 Å². The Morgan fingerprint density at radius 1 is 1.11 bits per heavy atom. The first-order valence-corrected chi connectivity index (χ1v) is 8.98. The summed E-state index contributed by atoms with van der Waals surface area (Å²) in [7, 11) is -4.72. The van der Waals surface area contributed by atoms with Crippen molar-refractivity contribution in [2.45, 2.75) is 11.3 Å². The zero-order valence-corrected chi connectivity index (χ0v) is 14.5. The molecule has 2 aromatic carbocycles. The molecule has 0 aliphatic carbocycles. The van der Waals surface area contributed by atoms with E-state index in [0.29, 0.717) is 12.1 Å². The van der Waals surface area contributed by atoms with Crippen LogP contribution in [0.5, 0.6) is 0 Å². The van der Waals surface area contributed by atoms with E-state index in [9.17, 15) is 26.0 Å². The van der Waals surface area contributed by atoms with Gasteiger partial charge in [0.15, 0.2) is 4.90 Å². The third-order valence-corrected chi connectivity index (χ3v) is 4.71. The van der Waals surface area contributed by atoms with Gasteiger partial charge in [-0.05, 0) is 29.8 Å². The number of nitriles is 1. The van der Waals surface area contributed by atoms with E-state index in [1.807, 2.05) is 6.07 Å². The summed E-state index contributed by atoms with van der Waals surface area (Å²) in [5.74, 6) is -4.09. The van der Waals surface area contributed by atoms with Gasteiger partial charge in [0.2, 0.25) is 15.8 Å². The van der Waals surface area contributed by atoms with Crippen molar-refractivity contribution >= 4 is 10.0 Å². The van der Waals surface area contributed by atoms with Gasteiger partial charge in [-0.15, -0.1) is 0 Å². The van der Waals surface area contributed by atoms with Crippen LogP contribution in [-0.4, -0.2) is 13.6 Å². The van der Waals surface area contributed by atoms with Crippen LogP contribution >= 0.6 is 0 Å². The molecule has 0 bridgehead atoms. The normalized spacial score (nSPS) is 11.6. The maximum Gasteiger partial charge on any atom is 0.298 e. The number of nitrogens with zero attached hydrogens (tertiary/aromatic N) is 2. The number of hydrogen-bond acceptors (Lipinski definition) is 5. The van der Waals surface area contributed by atoms with Crippen LogP contribution in [0.4, 0.5) is 17.6 Å². The van der Waals surface area contributed by atoms with Crippen LogP contribution in [-0.2, 0) is 10.0 Å². The van der Waals surface area contributed by atoms with Gasteiger partial charge in [-0.25, -0.2) is 31.1 Å². The lowest BCUT2D eigenvalue weighted by Gasteiger charge is -2.08. The summed E-state index contributed by atoms with van der Waals surface area (Å²) in [6.45, 7) is 0. The largest absolute Gasteiger partial charge is 0.354 e. The average molecular weight is 411 g/mol. The van der Waals surface area contributed by atoms with Gasteiger partial charge >= 0.3 is 0 Å². The van der Waals surface area contributed by atoms with Gasteiger partial charge in [-0.2, -0.15) is 5.26 Å². The van der Waals surface area contributed by atoms with Crippen molar-refractivity contribution in [1.29, 1.82) is 5.26 Å². The zero-order chi connectivity index (χ0) is 20.6. The Balaban J connectivity index is 2.30. The van der Waals surface area contributed by atoms with Crippen molar-refractivity contribution in [2.75, 3.05) is 0 Å². The lowest BCUT2D eigenvalue weighted by Crippen LogP contribution is -2.16. The van der Waals surface area contributed by atoms with Crippen LogP contribution in [0.15, 0.2) is 45.8 Å². The van der Waals surface area contributed by atoms with E-state index in [-0.39, 0.29) is 16.8 Å². The fraction of sp³-hybridized carbons (Fsp3) is 0.0588. The number of rotatable bonds is 4. The maximum absolute atomic E-state index is 14.2. The average Bonchev–Trinajstić information content (AvgIpc) is 3.05. The molecule has 0 fully saturated rings. The molecule has 0 aliphatic heterocycles. The number of aromatic nitrogens is 1. The Labute approximate surface area is 155 Å². The minimum atomic E-state index is -4.72. The first kappa shape index (κ1) is 19.5. The third kappa shape index (κ3) is 3.47. The van der Waals surface area contributed by atoms with Crippen LogP contribution in [0.3, 0.4) is 0 Å². The highest BCUT2D eigenvalue weighted by Crippen LogP contribution is 2.40. The van der Waals surface area contributed by atoms with Gasteiger partial charge in [0.05, 0.1) is 17.2 Å². The quantitative estimate of drug-likeness (QED) is 0.658. The molecule has 0 unspecified atom stereocenters. The number of primary sulfonamides is 1. The minimum Gasteiger partial charge on any atom is -0.354 e. The summed E-state index contributed by atoms with van der Waals surface area (Å²) in [4.78, 5) is -1.39. The van der Waals surface area contributed by atoms with Crippen LogP contribution in [0, 0.1) is 23.0 Å². The second-order valence-electron chi connectivity index (χ2n) is 5.58. The fourth-order valence-corrected chi connectivity index (χ4v) is 3.30. The second kappa shape index (κ2) is 7.06. The first-order chi connectivity index (χ1) is 13.1. The summed E-state index contributed by atoms with van der Waals surface area (Å²) in [5.41, 5.74) is -0.706. The third-order valence-electron chi connectivity index (χ3n) is 3.75. The molecule has 3 rings (SSSR count). The number of hydrogen-bond donors (Lipinski definition) is 1. The second-order valence-corrected chi connectivity index (χ2v) is 7.08. The molecule has 28 heavy (non-hydrogen) atoms. The van der Waals surface area contributed by atoms with Crippen LogP contribution < -0.4 is 5.14 Å². The van der Waals surface area contributed by atoms with E-state index >= 15 is 0 Å². The van der Waals surface area contributed by atoms with E-state index in [4.69, 9.17) is 10.4 Å².